The number of nitrogens with two attached hydrogens (primary N) is 1. The molecule has 2 radical (unpaired) electrons. The predicted octanol–water partition coefficient (Wildman–Crippen LogP) is 15.2. The number of nitrogens with zero attached hydrogens (tertiary/aromatic N) is 3. The summed E-state index contributed by atoms with van der Waals surface area (Å²) >= 11 is 21.8. The van der Waals surface area contributed by atoms with Crippen LogP contribution in [0.5, 0.6) is 17.2 Å². The predicted molar refractivity (Wildman–Crippen MR) is 310 cm³/mol. The number of fused-ring (bicyclic) bond motifs is 2. The average molecular weight is 1690 g/mol. The number of para-hydroxylation sites is 1. The van der Waals surface area contributed by atoms with Crippen molar-refractivity contribution in [3.05, 3.63) is 154 Å². The van der Waals surface area contributed by atoms with Gasteiger partial charge in [0.1, 0.15) is 5.75 Å². The van der Waals surface area contributed by atoms with E-state index in [1.807, 2.05) is 71.7 Å². The Kier molecular flexibility index (Phi) is 34.6. The van der Waals surface area contributed by atoms with Crippen LogP contribution in [0.3, 0.4) is 0 Å². The van der Waals surface area contributed by atoms with Crippen LogP contribution in [-0.4, -0.2) is 63.4 Å². The van der Waals surface area contributed by atoms with Gasteiger partial charge in [-0.2, -0.15) is 0 Å². The summed E-state index contributed by atoms with van der Waals surface area (Å²) in [7, 11) is 11.6. The molecule has 67 heavy (non-hydrogen) atoms. The number of benzene rings is 5. The molecule has 5 aromatic carbocycles. The van der Waals surface area contributed by atoms with Crippen LogP contribution in [0.2, 0.25) is 0 Å². The van der Waals surface area contributed by atoms with Crippen LogP contribution >= 0.6 is 155 Å². The van der Waals surface area contributed by atoms with Crippen LogP contribution in [0, 0.1) is 54.8 Å². The Labute approximate surface area is 480 Å². The van der Waals surface area contributed by atoms with E-state index in [4.69, 9.17) is 38.9 Å². The molecule has 7 aromatic rings. The first-order valence-corrected chi connectivity index (χ1v) is 35.3. The number of nitro groups is 2. The number of oxazole rings is 2. The van der Waals surface area contributed by atoms with Crippen LogP contribution in [0.1, 0.15) is 29.2 Å². The molecule has 0 saturated heterocycles. The van der Waals surface area contributed by atoms with Crippen LogP contribution < -0.4 is 17.2 Å². The van der Waals surface area contributed by atoms with E-state index in [9.17, 15) is 40.0 Å². The van der Waals surface area contributed by atoms with Gasteiger partial charge in [-0.1, -0.05) is 121 Å². The fourth-order valence-electron chi connectivity index (χ4n) is 4.94. The number of nitro benzene ring substituents is 2. The van der Waals surface area contributed by atoms with E-state index in [0.717, 1.165) is 41.1 Å². The van der Waals surface area contributed by atoms with E-state index in [1.54, 1.807) is 46.0 Å². The van der Waals surface area contributed by atoms with Crippen molar-refractivity contribution < 1.29 is 35.4 Å². The van der Waals surface area contributed by atoms with Crippen molar-refractivity contribution in [3.63, 3.8) is 0 Å². The van der Waals surface area contributed by atoms with Crippen molar-refractivity contribution in [2.75, 3.05) is 15.6 Å². The molecule has 0 saturated carbocycles. The number of aryl methyl sites for hydroxylation is 6. The zero-order chi connectivity index (χ0) is 53.2. The third kappa shape index (κ3) is 23.0. The van der Waals surface area contributed by atoms with Gasteiger partial charge >= 0.3 is 59.6 Å². The average Bonchev–Trinajstić information content (AvgIpc) is 3.79. The first-order valence-electron chi connectivity index (χ1n) is 18.2. The summed E-state index contributed by atoms with van der Waals surface area (Å²) in [5.74, 6) is -1.09. The second-order valence-corrected chi connectivity index (χ2v) is 20.3. The third-order valence-corrected chi connectivity index (χ3v) is 9.70. The molecule has 0 amide bonds. The SMILES string of the molecule is BrBr.CI.Cc1cc(Br)cc(N)c1O.Cc1cc(Br)cc([N+](=O)[O-])c1O.Cc1cc(Br)cc2[nH]c(=O)oc12.Cc1cc(Br)cc2c1oc(=O)n2C.Cc1cccc([N+](=O)[O-])c1O.[2H]CI.[Cl][Sn][Cl]. The maximum absolute atomic E-state index is 11.2. The number of aromatic hydroxyl groups is 3. The monoisotopic (exact) mass is 1690 g/mol. The van der Waals surface area contributed by atoms with Gasteiger partial charge in [0.05, 0.1) is 26.6 Å². The molecule has 0 bridgehead atoms. The first-order chi connectivity index (χ1) is 31.8. The number of anilines is 1. The molecular formula is C40H41Br6Cl2I2N5O11Sn. The minimum absolute atomic E-state index is 0.170. The number of H-pyrrole nitrogens is 1. The Hall–Kier alpha value is -1.64. The van der Waals surface area contributed by atoms with Gasteiger partial charge in [-0.15, -0.1) is 0 Å². The zero-order valence-electron chi connectivity index (χ0n) is 36.9. The van der Waals surface area contributed by atoms with E-state index < -0.39 is 34.5 Å². The van der Waals surface area contributed by atoms with Gasteiger partial charge in [0.25, 0.3) is 0 Å². The van der Waals surface area contributed by atoms with Crippen molar-refractivity contribution in [2.24, 2.45) is 7.05 Å². The standard InChI is InChI=1S/C9H8BrNO2.C8H6BrNO2.C7H6BrNO3.C7H8BrNO.C7H7NO3.2CH3I.Br2.2ClH.Sn/c1-5-3-6(10)4-7-8(5)13-9(12)11(7)2;1-4-2-5(9)3-6-7(4)12-8(11)10-6;1-4-2-5(8)3-6(7(4)10)9(11)12;1-4-2-5(8)3-6(9)7(4)10;1-5-3-2-4-6(7(5)9)8(10)11;3*1-2;;;/h3-4H,1-2H3;2-3H,1H3,(H,10,11);2-3,10H,1H3;2-3,10H,9H2,1H3;2-4,9H,1H3;2*1H3;;2*1H;/q;;;;;;;;;;+2/p-2/i;;;;;1D;;;;;. The number of phenolic OH excluding ortho intramolecular Hbond substituents is 3. The summed E-state index contributed by atoms with van der Waals surface area (Å²) in [6, 6.07) is 18.3. The second kappa shape index (κ2) is 35.5. The number of nitrogen functional groups attached to an aromatic ring is 1. The third-order valence-electron chi connectivity index (χ3n) is 7.87. The van der Waals surface area contributed by atoms with Gasteiger partial charge in [-0.25, -0.2) is 9.59 Å². The molecule has 2 aromatic heterocycles. The molecule has 0 spiro atoms. The van der Waals surface area contributed by atoms with Gasteiger partial charge in [-0.05, 0) is 115 Å². The normalized spacial score (nSPS) is 9.60. The molecule has 0 atom stereocenters. The summed E-state index contributed by atoms with van der Waals surface area (Å²) < 4.78 is 21.0. The number of alkyl halides is 2. The molecule has 16 nitrogen and oxygen atoms in total. The summed E-state index contributed by atoms with van der Waals surface area (Å²) in [4.78, 5) is 46.4. The first kappa shape index (κ1) is 65.4. The zero-order valence-corrected chi connectivity index (χ0v) is 54.1. The Balaban J connectivity index is 0. The molecule has 6 N–H and O–H groups in total. The van der Waals surface area contributed by atoms with Crippen molar-refractivity contribution in [3.8, 4) is 17.2 Å². The number of aromatic nitrogens is 2. The van der Waals surface area contributed by atoms with Crippen LogP contribution in [0.4, 0.5) is 17.1 Å². The molecule has 0 fully saturated rings. The Morgan fingerprint density at radius 3 is 1.61 bits per heavy atom. The number of aromatic amines is 1. The number of halogens is 10. The van der Waals surface area contributed by atoms with Crippen LogP contribution in [0.25, 0.3) is 22.2 Å². The van der Waals surface area contributed by atoms with Crippen LogP contribution in [-0.2, 0) is 7.05 Å². The summed E-state index contributed by atoms with van der Waals surface area (Å²) in [6.45, 7) is 8.83. The fraction of sp³-hybridized carbons (Fsp3) is 0.200. The Morgan fingerprint density at radius 1 is 0.716 bits per heavy atom. The van der Waals surface area contributed by atoms with Crippen molar-refractivity contribution in [1.82, 2.24) is 9.55 Å². The molecule has 0 unspecified atom stereocenters. The van der Waals surface area contributed by atoms with E-state index >= 15 is 0 Å². The number of hydrogen-bond acceptors (Lipinski definition) is 12. The minimum atomic E-state index is -0.826. The number of hydrogen-bond donors (Lipinski definition) is 5. The molecule has 27 heteroatoms. The van der Waals surface area contributed by atoms with Crippen molar-refractivity contribution >= 4 is 213 Å². The van der Waals surface area contributed by atoms with Gasteiger partial charge in [-0.3, -0.25) is 29.8 Å². The fourth-order valence-corrected chi connectivity index (χ4v) is 7.23. The van der Waals surface area contributed by atoms with Gasteiger partial charge in [0.15, 0.2) is 22.7 Å². The number of rotatable bonds is 2. The Bertz CT molecular complexity index is 2820. The molecular weight excluding hydrogens is 1650 g/mol. The topological polar surface area (TPSA) is 254 Å². The molecule has 0 aliphatic rings. The van der Waals surface area contributed by atoms with Crippen molar-refractivity contribution in [1.29, 1.82) is 0 Å². The summed E-state index contributed by atoms with van der Waals surface area (Å²) in [6.07, 6.45) is 0. The summed E-state index contributed by atoms with van der Waals surface area (Å²) in [5, 5.41) is 48.1. The van der Waals surface area contributed by atoms with E-state index in [0.29, 0.717) is 37.4 Å². The molecule has 0 aliphatic heterocycles. The maximum atomic E-state index is 11.2. The summed E-state index contributed by atoms with van der Waals surface area (Å²) in [5.41, 5.74) is 11.8. The van der Waals surface area contributed by atoms with Gasteiger partial charge in [0, 0.05) is 66.7 Å². The van der Waals surface area contributed by atoms with E-state index in [-0.39, 0.29) is 34.4 Å². The van der Waals surface area contributed by atoms with E-state index in [1.165, 1.54) is 22.8 Å². The number of phenols is 3. The Morgan fingerprint density at radius 2 is 1.13 bits per heavy atom. The molecule has 2 heterocycles. The second-order valence-electron chi connectivity index (χ2n) is 12.4. The quantitative estimate of drug-likeness (QED) is 0.0206. The molecule has 0 aliphatic carbocycles. The van der Waals surface area contributed by atoms with Crippen LogP contribution in [0.15, 0.2) is 103 Å². The van der Waals surface area contributed by atoms with E-state index in [2.05, 4.69) is 120 Å². The molecule has 366 valence electrons. The van der Waals surface area contributed by atoms with Crippen molar-refractivity contribution in [2.45, 2.75) is 34.6 Å². The molecule has 7 rings (SSSR count). The van der Waals surface area contributed by atoms with Gasteiger partial charge in [0.2, 0.25) is 0 Å². The number of nitrogens with one attached hydrogen (secondary N) is 1. The van der Waals surface area contributed by atoms with Gasteiger partial charge < -0.3 is 29.9 Å².